The average molecular weight is 853 g/mol. The van der Waals surface area contributed by atoms with Crippen LogP contribution >= 0.6 is 22.7 Å². The van der Waals surface area contributed by atoms with Gasteiger partial charge in [0.05, 0.1) is 22.8 Å². The van der Waals surface area contributed by atoms with Crippen molar-refractivity contribution in [3.05, 3.63) is 128 Å². The molecule has 10 heteroatoms. The molecule has 8 rings (SSSR count). The molecule has 61 heavy (non-hydrogen) atoms. The van der Waals surface area contributed by atoms with Crippen LogP contribution in [0.15, 0.2) is 87.9 Å². The average Bonchev–Trinajstić information content (AvgIpc) is 4.07. The molecule has 0 aliphatic rings. The number of hydrogen-bond acceptors (Lipinski definition) is 10. The Morgan fingerprint density at radius 3 is 1.51 bits per heavy atom. The SMILES string of the molecule is CCN(C)c1cc2onc(CCc3sc(-c4ccc(C)cc4)nc3C(C)C)c2cc1C.CCN(C)c1ccc2c(CCc3sc(-c4ccc(C)cc4)nc3C(C)C)noc2c1. The highest BCUT2D eigenvalue weighted by Gasteiger charge is 2.20. The monoisotopic (exact) mass is 852 g/mol. The number of anilines is 2. The number of benzene rings is 4. The maximum Gasteiger partial charge on any atom is 0.169 e. The first-order chi connectivity index (χ1) is 29.3. The van der Waals surface area contributed by atoms with Gasteiger partial charge in [0.15, 0.2) is 11.2 Å². The molecule has 0 spiro atoms. The smallest absolute Gasteiger partial charge is 0.169 e. The van der Waals surface area contributed by atoms with Crippen LogP contribution in [0.3, 0.4) is 0 Å². The summed E-state index contributed by atoms with van der Waals surface area (Å²) < 4.78 is 11.3. The molecule has 0 N–H and O–H groups in total. The van der Waals surface area contributed by atoms with Crippen LogP contribution in [0.4, 0.5) is 11.4 Å². The zero-order valence-electron chi connectivity index (χ0n) is 37.7. The molecule has 4 heterocycles. The number of aromatic nitrogens is 4. The van der Waals surface area contributed by atoms with E-state index in [9.17, 15) is 0 Å². The highest BCUT2D eigenvalue weighted by atomic mass is 32.1. The lowest BCUT2D eigenvalue weighted by atomic mass is 10.0. The minimum atomic E-state index is 0.397. The topological polar surface area (TPSA) is 84.3 Å². The molecule has 4 aromatic heterocycles. The molecule has 0 amide bonds. The molecule has 0 atom stereocenters. The van der Waals surface area contributed by atoms with E-state index in [1.165, 1.54) is 54.6 Å². The molecular weight excluding hydrogens is 793 g/mol. The molecular formula is C51H60N6O2S2. The third kappa shape index (κ3) is 9.92. The molecule has 0 radical (unpaired) electrons. The Morgan fingerprint density at radius 2 is 1.03 bits per heavy atom. The molecule has 8 aromatic rings. The highest BCUT2D eigenvalue weighted by Crippen LogP contribution is 2.36. The molecule has 0 unspecified atom stereocenters. The first-order valence-electron chi connectivity index (χ1n) is 21.7. The van der Waals surface area contributed by atoms with Crippen molar-refractivity contribution in [2.24, 2.45) is 0 Å². The highest BCUT2D eigenvalue weighted by molar-refractivity contribution is 7.15. The van der Waals surface area contributed by atoms with Crippen molar-refractivity contribution in [3.63, 3.8) is 0 Å². The van der Waals surface area contributed by atoms with Gasteiger partial charge < -0.3 is 18.8 Å². The van der Waals surface area contributed by atoms with E-state index in [1.54, 1.807) is 0 Å². The Balaban J connectivity index is 0.000000184. The summed E-state index contributed by atoms with van der Waals surface area (Å²) in [5.41, 5.74) is 14.7. The largest absolute Gasteiger partial charge is 0.375 e. The van der Waals surface area contributed by atoms with Gasteiger partial charge in [0, 0.05) is 82.3 Å². The lowest BCUT2D eigenvalue weighted by Gasteiger charge is -2.19. The van der Waals surface area contributed by atoms with E-state index < -0.39 is 0 Å². The summed E-state index contributed by atoms with van der Waals surface area (Å²) in [4.78, 5) is 17.1. The number of nitrogens with zero attached hydrogens (tertiary/aromatic N) is 6. The minimum absolute atomic E-state index is 0.397. The molecule has 0 saturated carbocycles. The predicted molar refractivity (Wildman–Crippen MR) is 258 cm³/mol. The summed E-state index contributed by atoms with van der Waals surface area (Å²) in [5.74, 6) is 0.797. The number of aryl methyl sites for hydroxylation is 7. The fourth-order valence-corrected chi connectivity index (χ4v) is 10.0. The van der Waals surface area contributed by atoms with Crippen molar-refractivity contribution < 1.29 is 9.05 Å². The van der Waals surface area contributed by atoms with Gasteiger partial charge in [-0.3, -0.25) is 0 Å². The van der Waals surface area contributed by atoms with Gasteiger partial charge >= 0.3 is 0 Å². The Morgan fingerprint density at radius 1 is 0.557 bits per heavy atom. The van der Waals surface area contributed by atoms with E-state index >= 15 is 0 Å². The molecule has 0 bridgehead atoms. The third-order valence-corrected chi connectivity index (χ3v) is 13.9. The third-order valence-electron chi connectivity index (χ3n) is 11.5. The quantitative estimate of drug-likeness (QED) is 0.107. The maximum atomic E-state index is 5.70. The molecule has 0 fully saturated rings. The van der Waals surface area contributed by atoms with Crippen molar-refractivity contribution in [2.45, 2.75) is 99.8 Å². The number of fused-ring (bicyclic) bond motifs is 2. The standard InChI is InChI=1S/C26H31N3OS.C25H29N3OS/c1-7-29(6)22-15-23-20(14-18(22)5)21(28-30-23)12-13-24-25(16(2)3)27-26(31-24)19-10-8-17(4)9-11-19;1-6-28(5)19-11-12-20-21(27-29-22(20)15-19)13-14-23-24(16(2)3)26-25(30-23)18-9-7-17(4)8-10-18/h8-11,14-16H,7,12-13H2,1-6H3;7-12,15-16H,6,13-14H2,1-5H3. The molecule has 318 valence electrons. The Bertz CT molecular complexity index is 2700. The normalized spacial score (nSPS) is 11.6. The second-order valence-corrected chi connectivity index (χ2v) is 19.0. The molecule has 4 aromatic carbocycles. The minimum Gasteiger partial charge on any atom is -0.375 e. The maximum absolute atomic E-state index is 5.70. The van der Waals surface area contributed by atoms with Crippen molar-refractivity contribution in [1.29, 1.82) is 0 Å². The Labute approximate surface area is 369 Å². The summed E-state index contributed by atoms with van der Waals surface area (Å²) in [6.45, 7) is 21.5. The van der Waals surface area contributed by atoms with Gasteiger partial charge in [0.2, 0.25) is 0 Å². The second-order valence-electron chi connectivity index (χ2n) is 16.8. The summed E-state index contributed by atoms with van der Waals surface area (Å²) in [7, 11) is 4.19. The molecule has 0 saturated heterocycles. The van der Waals surface area contributed by atoms with Crippen LogP contribution in [0, 0.1) is 20.8 Å². The van der Waals surface area contributed by atoms with Crippen LogP contribution in [-0.2, 0) is 25.7 Å². The summed E-state index contributed by atoms with van der Waals surface area (Å²) in [5, 5.41) is 13.2. The summed E-state index contributed by atoms with van der Waals surface area (Å²) in [6.07, 6.45) is 3.56. The number of rotatable bonds is 14. The Kier molecular flexibility index (Phi) is 13.7. The van der Waals surface area contributed by atoms with E-state index in [4.69, 9.17) is 19.0 Å². The number of thiazole rings is 2. The number of hydrogen-bond donors (Lipinski definition) is 0. The zero-order chi connectivity index (χ0) is 43.4. The predicted octanol–water partition coefficient (Wildman–Crippen LogP) is 13.6. The zero-order valence-corrected chi connectivity index (χ0v) is 39.4. The van der Waals surface area contributed by atoms with Crippen LogP contribution in [0.25, 0.3) is 43.1 Å². The van der Waals surface area contributed by atoms with E-state index in [-0.39, 0.29) is 0 Å². The van der Waals surface area contributed by atoms with Gasteiger partial charge in [-0.1, -0.05) is 97.7 Å². The first kappa shape index (κ1) is 43.8. The lowest BCUT2D eigenvalue weighted by Crippen LogP contribution is -2.16. The molecule has 8 nitrogen and oxygen atoms in total. The van der Waals surface area contributed by atoms with Crippen LogP contribution in [0.1, 0.15) is 103 Å². The van der Waals surface area contributed by atoms with Crippen molar-refractivity contribution >= 4 is 56.0 Å². The summed E-state index contributed by atoms with van der Waals surface area (Å²) in [6, 6.07) is 28.0. The van der Waals surface area contributed by atoms with Crippen LogP contribution in [-0.4, -0.2) is 47.5 Å². The fraction of sp³-hybridized carbons (Fsp3) is 0.373. The second kappa shape index (κ2) is 19.2. The van der Waals surface area contributed by atoms with Crippen LogP contribution in [0.5, 0.6) is 0 Å². The van der Waals surface area contributed by atoms with Gasteiger partial charge in [-0.2, -0.15) is 0 Å². The van der Waals surface area contributed by atoms with Gasteiger partial charge in [-0.15, -0.1) is 22.7 Å². The van der Waals surface area contributed by atoms with Gasteiger partial charge in [-0.05, 0) is 95.9 Å². The van der Waals surface area contributed by atoms with Crippen LogP contribution in [0.2, 0.25) is 0 Å². The van der Waals surface area contributed by atoms with E-state index in [1.807, 2.05) is 22.7 Å². The van der Waals surface area contributed by atoms with Crippen molar-refractivity contribution in [2.75, 3.05) is 37.0 Å². The van der Waals surface area contributed by atoms with Gasteiger partial charge in [0.25, 0.3) is 0 Å². The molecule has 0 aliphatic carbocycles. The van der Waals surface area contributed by atoms with E-state index in [0.717, 1.165) is 87.8 Å². The summed E-state index contributed by atoms with van der Waals surface area (Å²) >= 11 is 3.62. The Hall–Kier alpha value is -5.32. The van der Waals surface area contributed by atoms with Gasteiger partial charge in [-0.25, -0.2) is 9.97 Å². The van der Waals surface area contributed by atoms with Crippen molar-refractivity contribution in [1.82, 2.24) is 20.3 Å². The van der Waals surface area contributed by atoms with E-state index in [2.05, 4.69) is 175 Å². The molecule has 0 aliphatic heterocycles. The first-order valence-corrected chi connectivity index (χ1v) is 23.3. The van der Waals surface area contributed by atoms with Crippen molar-refractivity contribution in [3.8, 4) is 21.1 Å². The van der Waals surface area contributed by atoms with Crippen LogP contribution < -0.4 is 9.80 Å². The van der Waals surface area contributed by atoms with Gasteiger partial charge in [0.1, 0.15) is 10.0 Å². The lowest BCUT2D eigenvalue weighted by molar-refractivity contribution is 0.446. The fourth-order valence-electron chi connectivity index (χ4n) is 7.56. The van der Waals surface area contributed by atoms with E-state index in [0.29, 0.717) is 11.8 Å².